The average Bonchev–Trinajstić information content (AvgIpc) is 2.94. The first-order valence-electron chi connectivity index (χ1n) is 7.46. The third-order valence-electron chi connectivity index (χ3n) is 4.35. The topological polar surface area (TPSA) is 82.8 Å². The Morgan fingerprint density at radius 3 is 2.57 bits per heavy atom. The maximum atomic E-state index is 12.9. The summed E-state index contributed by atoms with van der Waals surface area (Å²) in [5.41, 5.74) is 1.34. The van der Waals surface area contributed by atoms with E-state index >= 15 is 0 Å². The summed E-state index contributed by atoms with van der Waals surface area (Å²) in [6, 6.07) is 9.63. The van der Waals surface area contributed by atoms with E-state index in [2.05, 4.69) is 0 Å². The molecule has 0 spiro atoms. The molecule has 0 fully saturated rings. The third kappa shape index (κ3) is 2.70. The first-order chi connectivity index (χ1) is 11.0. The van der Waals surface area contributed by atoms with Crippen LogP contribution in [0.2, 0.25) is 0 Å². The monoisotopic (exact) mass is 336 g/mol. The fourth-order valence-electron chi connectivity index (χ4n) is 3.15. The van der Waals surface area contributed by atoms with Gasteiger partial charge in [0.05, 0.1) is 23.6 Å². The number of aryl methyl sites for hydroxylation is 1. The van der Waals surface area contributed by atoms with Gasteiger partial charge in [-0.3, -0.25) is 0 Å². The molecule has 2 N–H and O–H groups in total. The van der Waals surface area contributed by atoms with Gasteiger partial charge in [-0.1, -0.05) is 18.2 Å². The summed E-state index contributed by atoms with van der Waals surface area (Å²) in [7, 11) is -1.86. The normalized spacial score (nSPS) is 23.6. The van der Waals surface area contributed by atoms with Crippen LogP contribution in [0.1, 0.15) is 17.4 Å². The lowest BCUT2D eigenvalue weighted by Crippen LogP contribution is -2.50. The second kappa shape index (κ2) is 6.09. The van der Waals surface area contributed by atoms with Crippen LogP contribution < -0.4 is 0 Å². The number of fused-ring (bicyclic) bond motifs is 1. The van der Waals surface area contributed by atoms with E-state index in [1.54, 1.807) is 18.2 Å². The lowest BCUT2D eigenvalue weighted by atomic mass is 9.97. The van der Waals surface area contributed by atoms with E-state index in [1.165, 1.54) is 10.4 Å². The van der Waals surface area contributed by atoms with Crippen molar-refractivity contribution in [1.29, 1.82) is 0 Å². The summed E-state index contributed by atoms with van der Waals surface area (Å²) >= 11 is 0. The minimum Gasteiger partial charge on any atom is -0.395 e. The molecule has 2 atom stereocenters. The SMILES string of the molecule is Cn1cccc1CC1C(O)c2ccccc2S(=O)(=O)N1CCO. The summed E-state index contributed by atoms with van der Waals surface area (Å²) in [6.07, 6.45) is 1.32. The summed E-state index contributed by atoms with van der Waals surface area (Å²) in [5.74, 6) is 0. The maximum absolute atomic E-state index is 12.9. The Bertz CT molecular complexity index is 800. The van der Waals surface area contributed by atoms with Crippen molar-refractivity contribution in [3.63, 3.8) is 0 Å². The molecule has 3 rings (SSSR count). The molecule has 0 aliphatic carbocycles. The molecule has 23 heavy (non-hydrogen) atoms. The Morgan fingerprint density at radius 2 is 1.91 bits per heavy atom. The standard InChI is InChI=1S/C16H20N2O4S/c1-17-8-4-5-12(17)11-14-16(20)13-6-2-3-7-15(13)23(21,22)18(14)9-10-19/h2-8,14,16,19-20H,9-11H2,1H3. The molecule has 1 aromatic carbocycles. The number of aliphatic hydroxyl groups excluding tert-OH is 2. The zero-order valence-corrected chi connectivity index (χ0v) is 13.6. The Balaban J connectivity index is 2.08. The van der Waals surface area contributed by atoms with Crippen molar-refractivity contribution < 1.29 is 18.6 Å². The van der Waals surface area contributed by atoms with Crippen molar-refractivity contribution in [2.75, 3.05) is 13.2 Å². The molecule has 1 aliphatic rings. The van der Waals surface area contributed by atoms with Gasteiger partial charge in [0.1, 0.15) is 0 Å². The first kappa shape index (κ1) is 16.2. The number of aromatic nitrogens is 1. The molecule has 124 valence electrons. The number of β-amino-alcohol motifs (C(OH)–C–C–N with tert-alkyl or cyclic N) is 1. The van der Waals surface area contributed by atoms with E-state index in [-0.39, 0.29) is 18.0 Å². The molecule has 2 unspecified atom stereocenters. The second-order valence-electron chi connectivity index (χ2n) is 5.70. The average molecular weight is 336 g/mol. The fraction of sp³-hybridized carbons (Fsp3) is 0.375. The minimum atomic E-state index is -3.74. The van der Waals surface area contributed by atoms with Gasteiger partial charge in [0, 0.05) is 37.5 Å². The number of sulfonamides is 1. The Hall–Kier alpha value is -1.67. The van der Waals surface area contributed by atoms with Crippen LogP contribution >= 0.6 is 0 Å². The third-order valence-corrected chi connectivity index (χ3v) is 6.35. The Kier molecular flexibility index (Phi) is 4.29. The van der Waals surface area contributed by atoms with E-state index in [4.69, 9.17) is 0 Å². The highest BCUT2D eigenvalue weighted by atomic mass is 32.2. The number of benzene rings is 1. The lowest BCUT2D eigenvalue weighted by molar-refractivity contribution is 0.0716. The maximum Gasteiger partial charge on any atom is 0.243 e. The van der Waals surface area contributed by atoms with Crippen molar-refractivity contribution in [1.82, 2.24) is 8.87 Å². The van der Waals surface area contributed by atoms with Crippen molar-refractivity contribution in [3.05, 3.63) is 53.9 Å². The molecule has 1 aromatic heterocycles. The molecule has 0 saturated heterocycles. The second-order valence-corrected chi connectivity index (χ2v) is 7.56. The van der Waals surface area contributed by atoms with Crippen LogP contribution in [0, 0.1) is 0 Å². The molecule has 6 nitrogen and oxygen atoms in total. The van der Waals surface area contributed by atoms with Crippen LogP contribution in [-0.2, 0) is 23.5 Å². The zero-order valence-electron chi connectivity index (χ0n) is 12.8. The quantitative estimate of drug-likeness (QED) is 0.859. The molecule has 0 amide bonds. The van der Waals surface area contributed by atoms with Gasteiger partial charge < -0.3 is 14.8 Å². The summed E-state index contributed by atoms with van der Waals surface area (Å²) in [4.78, 5) is 0.115. The minimum absolute atomic E-state index is 0.0389. The van der Waals surface area contributed by atoms with Gasteiger partial charge in [0.2, 0.25) is 10.0 Å². The highest BCUT2D eigenvalue weighted by Gasteiger charge is 2.43. The fourth-order valence-corrected chi connectivity index (χ4v) is 5.01. The summed E-state index contributed by atoms with van der Waals surface area (Å²) < 4.78 is 28.8. The van der Waals surface area contributed by atoms with Gasteiger partial charge in [0.15, 0.2) is 0 Å². The molecule has 0 radical (unpaired) electrons. The molecule has 0 bridgehead atoms. The van der Waals surface area contributed by atoms with Gasteiger partial charge >= 0.3 is 0 Å². The van der Waals surface area contributed by atoms with Crippen LogP contribution in [-0.4, -0.2) is 46.7 Å². The molecule has 7 heteroatoms. The van der Waals surface area contributed by atoms with Crippen LogP contribution in [0.25, 0.3) is 0 Å². The van der Waals surface area contributed by atoms with E-state index in [1.807, 2.05) is 29.9 Å². The molecule has 0 saturated carbocycles. The van der Waals surface area contributed by atoms with Crippen LogP contribution in [0.15, 0.2) is 47.5 Å². The van der Waals surface area contributed by atoms with Gasteiger partial charge in [-0.25, -0.2) is 8.42 Å². The number of hydrogen-bond donors (Lipinski definition) is 2. The zero-order chi connectivity index (χ0) is 16.6. The Labute approximate surface area is 135 Å². The molecule has 2 aromatic rings. The van der Waals surface area contributed by atoms with Crippen LogP contribution in [0.4, 0.5) is 0 Å². The Morgan fingerprint density at radius 1 is 1.17 bits per heavy atom. The number of rotatable bonds is 4. The predicted octanol–water partition coefficient (Wildman–Crippen LogP) is 0.666. The number of hydrogen-bond acceptors (Lipinski definition) is 4. The molecular weight excluding hydrogens is 316 g/mol. The largest absolute Gasteiger partial charge is 0.395 e. The summed E-state index contributed by atoms with van der Waals surface area (Å²) in [5, 5.41) is 20.0. The number of nitrogens with zero attached hydrogens (tertiary/aromatic N) is 2. The predicted molar refractivity (Wildman–Crippen MR) is 85.3 cm³/mol. The van der Waals surface area contributed by atoms with Crippen molar-refractivity contribution >= 4 is 10.0 Å². The summed E-state index contributed by atoms with van der Waals surface area (Å²) in [6.45, 7) is -0.333. The van der Waals surface area contributed by atoms with E-state index in [0.29, 0.717) is 12.0 Å². The smallest absolute Gasteiger partial charge is 0.243 e. The van der Waals surface area contributed by atoms with Crippen molar-refractivity contribution in [2.24, 2.45) is 7.05 Å². The van der Waals surface area contributed by atoms with Crippen LogP contribution in [0.3, 0.4) is 0 Å². The first-order valence-corrected chi connectivity index (χ1v) is 8.90. The molecule has 1 aliphatic heterocycles. The number of aliphatic hydroxyl groups is 2. The van der Waals surface area contributed by atoms with Crippen molar-refractivity contribution in [2.45, 2.75) is 23.5 Å². The highest BCUT2D eigenvalue weighted by Crippen LogP contribution is 2.37. The highest BCUT2D eigenvalue weighted by molar-refractivity contribution is 7.89. The van der Waals surface area contributed by atoms with Gasteiger partial charge in [0.25, 0.3) is 0 Å². The van der Waals surface area contributed by atoms with Gasteiger partial charge in [-0.15, -0.1) is 0 Å². The van der Waals surface area contributed by atoms with E-state index in [0.717, 1.165) is 5.69 Å². The van der Waals surface area contributed by atoms with Crippen LogP contribution in [0.5, 0.6) is 0 Å². The van der Waals surface area contributed by atoms with E-state index < -0.39 is 22.2 Å². The lowest BCUT2D eigenvalue weighted by Gasteiger charge is -2.39. The van der Waals surface area contributed by atoms with Gasteiger partial charge in [-0.05, 0) is 18.2 Å². The molecular formula is C16H20N2O4S. The van der Waals surface area contributed by atoms with Gasteiger partial charge in [-0.2, -0.15) is 4.31 Å². The van der Waals surface area contributed by atoms with E-state index in [9.17, 15) is 18.6 Å². The molecule has 2 heterocycles. The van der Waals surface area contributed by atoms with Crippen molar-refractivity contribution in [3.8, 4) is 0 Å².